The second-order valence-electron chi connectivity index (χ2n) is 10.2. The van der Waals surface area contributed by atoms with Gasteiger partial charge in [-0.25, -0.2) is 0 Å². The number of nitrogens with zero attached hydrogens (tertiary/aromatic N) is 2. The molecule has 0 aliphatic rings. The maximum absolute atomic E-state index is 10.3. The van der Waals surface area contributed by atoms with Gasteiger partial charge in [-0.1, -0.05) is 87.0 Å². The van der Waals surface area contributed by atoms with Gasteiger partial charge in [0.05, 0.1) is 19.3 Å². The molecule has 0 fully saturated rings. The first-order valence-electron chi connectivity index (χ1n) is 14.2. The summed E-state index contributed by atoms with van der Waals surface area (Å²) in [6, 6.07) is 27.5. The maximum atomic E-state index is 10.3. The van der Waals surface area contributed by atoms with Gasteiger partial charge in [-0.15, -0.1) is 0 Å². The first kappa shape index (κ1) is 30.6. The largest absolute Gasteiger partial charge is 0.492 e. The molecule has 0 heterocycles. The third-order valence-electron chi connectivity index (χ3n) is 7.11. The van der Waals surface area contributed by atoms with Crippen molar-refractivity contribution in [1.29, 1.82) is 0 Å². The van der Waals surface area contributed by atoms with Gasteiger partial charge < -0.3 is 19.8 Å². The van der Waals surface area contributed by atoms with Crippen LogP contribution in [0.2, 0.25) is 0 Å². The molecule has 3 rings (SSSR count). The molecule has 0 spiro atoms. The number of ether oxygens (including phenoxy) is 1. The van der Waals surface area contributed by atoms with Crippen LogP contribution in [0.4, 0.5) is 0 Å². The van der Waals surface area contributed by atoms with Crippen molar-refractivity contribution in [3.8, 4) is 5.75 Å². The summed E-state index contributed by atoms with van der Waals surface area (Å²) >= 11 is 0. The minimum atomic E-state index is -0.136. The standard InChI is InChI=1S/C34H46N2O3/c1-5-7-21-36(22-24-37)33(26-38)28-13-15-29(16-14-28)34(32(6-2)27-11-9-8-10-12-27)30-17-19-31(20-18-30)39-25-23-35(3)4/h8-20,33,37-38H,5-7,21-26H2,1-4H3. The zero-order chi connectivity index (χ0) is 28.0. The first-order chi connectivity index (χ1) is 19.0. The van der Waals surface area contributed by atoms with Crippen molar-refractivity contribution in [3.63, 3.8) is 0 Å². The van der Waals surface area contributed by atoms with Crippen LogP contribution in [0, 0.1) is 0 Å². The Morgan fingerprint density at radius 1 is 0.769 bits per heavy atom. The van der Waals surface area contributed by atoms with Gasteiger partial charge in [0.15, 0.2) is 0 Å². The Morgan fingerprint density at radius 3 is 1.95 bits per heavy atom. The van der Waals surface area contributed by atoms with Crippen LogP contribution in [0.25, 0.3) is 11.1 Å². The molecule has 0 aromatic heterocycles. The lowest BCUT2D eigenvalue weighted by Crippen LogP contribution is -2.34. The molecule has 0 saturated heterocycles. The molecule has 0 aliphatic heterocycles. The lowest BCUT2D eigenvalue weighted by Gasteiger charge is -2.30. The molecule has 0 bridgehead atoms. The molecule has 3 aromatic carbocycles. The summed E-state index contributed by atoms with van der Waals surface area (Å²) in [6.45, 7) is 7.39. The number of aliphatic hydroxyl groups is 2. The summed E-state index contributed by atoms with van der Waals surface area (Å²) in [6.07, 6.45) is 3.00. The quantitative estimate of drug-likeness (QED) is 0.218. The second kappa shape index (κ2) is 16.2. The molecule has 0 radical (unpaired) electrons. The minimum absolute atomic E-state index is 0.0191. The number of unbranched alkanes of at least 4 members (excludes halogenated alkanes) is 1. The molecule has 1 atom stereocenters. The third kappa shape index (κ3) is 8.77. The number of allylic oxidation sites excluding steroid dienone is 1. The molecular weight excluding hydrogens is 484 g/mol. The van der Waals surface area contributed by atoms with Crippen molar-refractivity contribution >= 4 is 11.1 Å². The summed E-state index contributed by atoms with van der Waals surface area (Å²) in [4.78, 5) is 4.30. The minimum Gasteiger partial charge on any atom is -0.492 e. The normalized spacial score (nSPS) is 13.0. The monoisotopic (exact) mass is 530 g/mol. The smallest absolute Gasteiger partial charge is 0.119 e. The lowest BCUT2D eigenvalue weighted by molar-refractivity contribution is 0.100. The van der Waals surface area contributed by atoms with Crippen molar-refractivity contribution in [2.24, 2.45) is 0 Å². The van der Waals surface area contributed by atoms with Crippen molar-refractivity contribution < 1.29 is 14.9 Å². The van der Waals surface area contributed by atoms with Crippen LogP contribution in [0.5, 0.6) is 5.75 Å². The van der Waals surface area contributed by atoms with Crippen LogP contribution in [-0.2, 0) is 0 Å². The number of rotatable bonds is 16. The molecule has 0 aliphatic carbocycles. The van der Waals surface area contributed by atoms with Gasteiger partial charge in [-0.3, -0.25) is 4.90 Å². The summed E-state index contributed by atoms with van der Waals surface area (Å²) in [5.74, 6) is 0.870. The van der Waals surface area contributed by atoms with Gasteiger partial charge in [0.25, 0.3) is 0 Å². The number of benzene rings is 3. The third-order valence-corrected chi connectivity index (χ3v) is 7.11. The first-order valence-corrected chi connectivity index (χ1v) is 14.2. The Kier molecular flexibility index (Phi) is 12.7. The van der Waals surface area contributed by atoms with E-state index >= 15 is 0 Å². The number of hydrogen-bond acceptors (Lipinski definition) is 5. The zero-order valence-corrected chi connectivity index (χ0v) is 24.1. The molecular formula is C34H46N2O3. The summed E-state index contributed by atoms with van der Waals surface area (Å²) in [5.41, 5.74) is 7.05. The maximum Gasteiger partial charge on any atom is 0.119 e. The predicted octanol–water partition coefficient (Wildman–Crippen LogP) is 6.12. The van der Waals surface area contributed by atoms with E-state index in [2.05, 4.69) is 103 Å². The van der Waals surface area contributed by atoms with E-state index < -0.39 is 0 Å². The fourth-order valence-electron chi connectivity index (χ4n) is 4.96. The second-order valence-corrected chi connectivity index (χ2v) is 10.2. The van der Waals surface area contributed by atoms with Gasteiger partial charge in [-0.2, -0.15) is 0 Å². The summed E-state index contributed by atoms with van der Waals surface area (Å²) in [7, 11) is 4.09. The van der Waals surface area contributed by atoms with Crippen LogP contribution in [-0.4, -0.2) is 73.6 Å². The SMILES string of the molecule is CCCCN(CCO)C(CO)c1ccc(C(=C(CC)c2ccccc2)c2ccc(OCCN(C)C)cc2)cc1. The van der Waals surface area contributed by atoms with E-state index in [-0.39, 0.29) is 19.3 Å². The highest BCUT2D eigenvalue weighted by molar-refractivity contribution is 5.98. The Balaban J connectivity index is 2.00. The number of hydrogen-bond donors (Lipinski definition) is 2. The highest BCUT2D eigenvalue weighted by Gasteiger charge is 2.20. The van der Waals surface area contributed by atoms with Gasteiger partial charge >= 0.3 is 0 Å². The van der Waals surface area contributed by atoms with Gasteiger partial charge in [0, 0.05) is 13.1 Å². The van der Waals surface area contributed by atoms with Gasteiger partial charge in [-0.05, 0) is 79.0 Å². The van der Waals surface area contributed by atoms with Crippen LogP contribution < -0.4 is 4.74 Å². The Bertz CT molecular complexity index is 1130. The molecule has 210 valence electrons. The molecule has 0 amide bonds. The topological polar surface area (TPSA) is 56.2 Å². The Hall–Kier alpha value is -2.96. The van der Waals surface area contributed by atoms with Gasteiger partial charge in [0.1, 0.15) is 12.4 Å². The number of aliphatic hydroxyl groups excluding tert-OH is 2. The van der Waals surface area contributed by atoms with Gasteiger partial charge in [0.2, 0.25) is 0 Å². The van der Waals surface area contributed by atoms with Crippen molar-refractivity contribution in [2.45, 2.75) is 39.2 Å². The van der Waals surface area contributed by atoms with E-state index in [0.29, 0.717) is 13.2 Å². The average molecular weight is 531 g/mol. The molecule has 39 heavy (non-hydrogen) atoms. The average Bonchev–Trinajstić information content (AvgIpc) is 2.96. The van der Waals surface area contributed by atoms with Crippen molar-refractivity contribution in [1.82, 2.24) is 9.80 Å². The zero-order valence-electron chi connectivity index (χ0n) is 24.1. The van der Waals surface area contributed by atoms with E-state index in [0.717, 1.165) is 54.8 Å². The Labute approximate surface area is 235 Å². The Morgan fingerprint density at radius 2 is 1.41 bits per heavy atom. The van der Waals surface area contributed by atoms with Crippen molar-refractivity contribution in [2.75, 3.05) is 53.6 Å². The molecule has 5 heteroatoms. The van der Waals surface area contributed by atoms with Crippen LogP contribution >= 0.6 is 0 Å². The van der Waals surface area contributed by atoms with Crippen LogP contribution in [0.1, 0.15) is 61.4 Å². The van der Waals surface area contributed by atoms with Crippen LogP contribution in [0.3, 0.4) is 0 Å². The van der Waals surface area contributed by atoms with E-state index in [1.807, 2.05) is 14.1 Å². The highest BCUT2D eigenvalue weighted by atomic mass is 16.5. The van der Waals surface area contributed by atoms with Crippen LogP contribution in [0.15, 0.2) is 78.9 Å². The number of likely N-dealkylation sites (N-methyl/N-ethyl adjacent to an activating group) is 1. The lowest BCUT2D eigenvalue weighted by atomic mass is 9.87. The molecule has 3 aromatic rings. The predicted molar refractivity (Wildman–Crippen MR) is 163 cm³/mol. The molecule has 5 nitrogen and oxygen atoms in total. The van der Waals surface area contributed by atoms with E-state index in [1.165, 1.54) is 16.7 Å². The molecule has 0 saturated carbocycles. The fraction of sp³-hybridized carbons (Fsp3) is 0.412. The summed E-state index contributed by atoms with van der Waals surface area (Å²) < 4.78 is 5.95. The van der Waals surface area contributed by atoms with E-state index in [4.69, 9.17) is 4.74 Å². The van der Waals surface area contributed by atoms with E-state index in [1.54, 1.807) is 0 Å². The fourth-order valence-corrected chi connectivity index (χ4v) is 4.96. The van der Waals surface area contributed by atoms with E-state index in [9.17, 15) is 10.2 Å². The molecule has 1 unspecified atom stereocenters. The van der Waals surface area contributed by atoms with Crippen molar-refractivity contribution in [3.05, 3.63) is 101 Å². The highest BCUT2D eigenvalue weighted by Crippen LogP contribution is 2.36. The summed E-state index contributed by atoms with van der Waals surface area (Å²) in [5, 5.41) is 19.9. The molecule has 2 N–H and O–H groups in total.